The van der Waals surface area contributed by atoms with E-state index in [4.69, 9.17) is 9.26 Å². The third kappa shape index (κ3) is 4.94. The Hall–Kier alpha value is -3.15. The Morgan fingerprint density at radius 1 is 1.07 bits per heavy atom. The van der Waals surface area contributed by atoms with E-state index in [1.54, 1.807) is 6.92 Å². The van der Waals surface area contributed by atoms with Crippen LogP contribution >= 0.6 is 0 Å². The number of rotatable bonds is 6. The molecular formula is C21H23N3O3. The Morgan fingerprint density at radius 3 is 2.41 bits per heavy atom. The number of amides is 1. The molecule has 1 aromatic heterocycles. The summed E-state index contributed by atoms with van der Waals surface area (Å²) in [6.07, 6.45) is -0.634. The Bertz CT molecular complexity index is 912. The zero-order valence-electron chi connectivity index (χ0n) is 15.9. The zero-order valence-corrected chi connectivity index (χ0v) is 15.9. The molecule has 0 unspecified atom stereocenters. The molecule has 2 aromatic carbocycles. The molecule has 1 atom stereocenters. The van der Waals surface area contributed by atoms with E-state index in [1.165, 1.54) is 0 Å². The molecule has 6 nitrogen and oxygen atoms in total. The normalized spacial score (nSPS) is 11.9. The molecule has 1 N–H and O–H groups in total. The highest BCUT2D eigenvalue weighted by Gasteiger charge is 2.16. The minimum Gasteiger partial charge on any atom is -0.481 e. The summed E-state index contributed by atoms with van der Waals surface area (Å²) in [6, 6.07) is 13.7. The van der Waals surface area contributed by atoms with Gasteiger partial charge in [0, 0.05) is 5.56 Å². The van der Waals surface area contributed by atoms with Crippen molar-refractivity contribution in [2.75, 3.05) is 0 Å². The fourth-order valence-electron chi connectivity index (χ4n) is 2.71. The van der Waals surface area contributed by atoms with Crippen molar-refractivity contribution >= 4 is 5.91 Å². The molecule has 0 saturated heterocycles. The van der Waals surface area contributed by atoms with Crippen LogP contribution in [-0.2, 0) is 11.3 Å². The predicted octanol–water partition coefficient (Wildman–Crippen LogP) is 3.75. The van der Waals surface area contributed by atoms with Crippen LogP contribution in [0.2, 0.25) is 0 Å². The molecule has 0 saturated carbocycles. The van der Waals surface area contributed by atoms with Crippen LogP contribution in [0.15, 0.2) is 47.0 Å². The van der Waals surface area contributed by atoms with E-state index in [9.17, 15) is 4.79 Å². The molecule has 3 rings (SSSR count). The fourth-order valence-corrected chi connectivity index (χ4v) is 2.71. The number of ether oxygens (including phenoxy) is 1. The Kier molecular flexibility index (Phi) is 5.54. The van der Waals surface area contributed by atoms with Crippen molar-refractivity contribution in [1.82, 2.24) is 15.5 Å². The maximum atomic E-state index is 12.3. The van der Waals surface area contributed by atoms with Gasteiger partial charge in [0.05, 0.1) is 6.54 Å². The SMILES string of the molecule is Cc1ccc(-c2noc(CNC(=O)[C@H](C)Oc3cc(C)cc(C)c3)n2)cc1. The molecule has 0 aliphatic carbocycles. The van der Waals surface area contributed by atoms with Crippen molar-refractivity contribution in [2.45, 2.75) is 40.3 Å². The lowest BCUT2D eigenvalue weighted by Crippen LogP contribution is -2.36. The average Bonchev–Trinajstić information content (AvgIpc) is 3.08. The van der Waals surface area contributed by atoms with Crippen LogP contribution in [0, 0.1) is 20.8 Å². The van der Waals surface area contributed by atoms with E-state index < -0.39 is 6.10 Å². The Morgan fingerprint density at radius 2 is 1.74 bits per heavy atom. The van der Waals surface area contributed by atoms with Gasteiger partial charge in [-0.25, -0.2) is 0 Å². The quantitative estimate of drug-likeness (QED) is 0.720. The van der Waals surface area contributed by atoms with Gasteiger partial charge in [0.25, 0.3) is 5.91 Å². The predicted molar refractivity (Wildman–Crippen MR) is 102 cm³/mol. The summed E-state index contributed by atoms with van der Waals surface area (Å²) >= 11 is 0. The third-order valence-corrected chi connectivity index (χ3v) is 4.07. The van der Waals surface area contributed by atoms with Gasteiger partial charge in [-0.15, -0.1) is 0 Å². The first-order valence-corrected chi connectivity index (χ1v) is 8.83. The lowest BCUT2D eigenvalue weighted by atomic mass is 10.1. The first-order valence-electron chi connectivity index (χ1n) is 8.83. The Balaban J connectivity index is 1.56. The molecular weight excluding hydrogens is 342 g/mol. The van der Waals surface area contributed by atoms with Crippen LogP contribution in [0.5, 0.6) is 5.75 Å². The standard InChI is InChI=1S/C21H23N3O3/c1-13-5-7-17(8-6-13)20-23-19(27-24-20)12-22-21(25)16(4)26-18-10-14(2)9-15(3)11-18/h5-11,16H,12H2,1-4H3,(H,22,25)/t16-/m0/s1. The molecule has 0 fully saturated rings. The van der Waals surface area contributed by atoms with Crippen molar-refractivity contribution in [3.05, 3.63) is 65.0 Å². The van der Waals surface area contributed by atoms with Gasteiger partial charge in [-0.05, 0) is 51.0 Å². The number of hydrogen-bond donors (Lipinski definition) is 1. The van der Waals surface area contributed by atoms with Crippen LogP contribution in [0.25, 0.3) is 11.4 Å². The smallest absolute Gasteiger partial charge is 0.261 e. The van der Waals surface area contributed by atoms with Gasteiger partial charge >= 0.3 is 0 Å². The summed E-state index contributed by atoms with van der Waals surface area (Å²) in [5.74, 6) is 1.27. The van der Waals surface area contributed by atoms with Crippen molar-refractivity contribution in [3.8, 4) is 17.1 Å². The second kappa shape index (κ2) is 8.03. The van der Waals surface area contributed by atoms with Crippen LogP contribution < -0.4 is 10.1 Å². The number of benzene rings is 2. The number of carbonyl (C=O) groups is 1. The van der Waals surface area contributed by atoms with Gasteiger partial charge in [0.1, 0.15) is 5.75 Å². The largest absolute Gasteiger partial charge is 0.481 e. The van der Waals surface area contributed by atoms with Gasteiger partial charge in [-0.3, -0.25) is 4.79 Å². The first-order chi connectivity index (χ1) is 12.9. The summed E-state index contributed by atoms with van der Waals surface area (Å²) in [5, 5.41) is 6.72. The summed E-state index contributed by atoms with van der Waals surface area (Å²) in [6.45, 7) is 7.86. The van der Waals surface area contributed by atoms with Crippen molar-refractivity contribution in [2.24, 2.45) is 0 Å². The van der Waals surface area contributed by atoms with E-state index in [1.807, 2.05) is 57.2 Å². The summed E-state index contributed by atoms with van der Waals surface area (Å²) in [7, 11) is 0. The van der Waals surface area contributed by atoms with Gasteiger partial charge in [0.2, 0.25) is 11.7 Å². The van der Waals surface area contributed by atoms with Gasteiger partial charge in [0.15, 0.2) is 6.10 Å². The van der Waals surface area contributed by atoms with Crippen molar-refractivity contribution < 1.29 is 14.1 Å². The molecule has 0 bridgehead atoms. The molecule has 0 spiro atoms. The molecule has 1 amide bonds. The minimum atomic E-state index is -0.634. The number of aromatic nitrogens is 2. The molecule has 6 heteroatoms. The van der Waals surface area contributed by atoms with E-state index in [0.29, 0.717) is 17.5 Å². The highest BCUT2D eigenvalue weighted by atomic mass is 16.5. The molecule has 3 aromatic rings. The maximum absolute atomic E-state index is 12.3. The van der Waals surface area contributed by atoms with Crippen LogP contribution in [0.3, 0.4) is 0 Å². The number of carbonyl (C=O) groups excluding carboxylic acids is 1. The monoisotopic (exact) mass is 365 g/mol. The topological polar surface area (TPSA) is 77.2 Å². The van der Waals surface area contributed by atoms with E-state index >= 15 is 0 Å². The zero-order chi connectivity index (χ0) is 19.4. The lowest BCUT2D eigenvalue weighted by Gasteiger charge is -2.15. The second-order valence-corrected chi connectivity index (χ2v) is 6.68. The van der Waals surface area contributed by atoms with Crippen LogP contribution in [0.4, 0.5) is 0 Å². The maximum Gasteiger partial charge on any atom is 0.261 e. The lowest BCUT2D eigenvalue weighted by molar-refractivity contribution is -0.127. The summed E-state index contributed by atoms with van der Waals surface area (Å²) in [5.41, 5.74) is 4.21. The minimum absolute atomic E-state index is 0.151. The van der Waals surface area contributed by atoms with Crippen molar-refractivity contribution in [3.63, 3.8) is 0 Å². The average molecular weight is 365 g/mol. The highest BCUT2D eigenvalue weighted by Crippen LogP contribution is 2.18. The van der Waals surface area contributed by atoms with Crippen molar-refractivity contribution in [1.29, 1.82) is 0 Å². The molecule has 0 radical (unpaired) electrons. The number of nitrogens with zero attached hydrogens (tertiary/aromatic N) is 2. The highest BCUT2D eigenvalue weighted by molar-refractivity contribution is 5.80. The van der Waals surface area contributed by atoms with E-state index in [2.05, 4.69) is 21.5 Å². The number of aryl methyl sites for hydroxylation is 3. The fraction of sp³-hybridized carbons (Fsp3) is 0.286. The van der Waals surface area contributed by atoms with E-state index in [-0.39, 0.29) is 12.5 Å². The van der Waals surface area contributed by atoms with Gasteiger partial charge in [-0.2, -0.15) is 4.98 Å². The summed E-state index contributed by atoms with van der Waals surface area (Å²) < 4.78 is 10.9. The first kappa shape index (κ1) is 18.6. The molecule has 140 valence electrons. The number of hydrogen-bond acceptors (Lipinski definition) is 5. The van der Waals surface area contributed by atoms with Crippen LogP contribution in [-0.4, -0.2) is 22.2 Å². The molecule has 0 aliphatic heterocycles. The second-order valence-electron chi connectivity index (χ2n) is 6.68. The van der Waals surface area contributed by atoms with Crippen LogP contribution in [0.1, 0.15) is 29.5 Å². The Labute approximate surface area is 158 Å². The molecule has 0 aliphatic rings. The number of nitrogens with one attached hydrogen (secondary N) is 1. The van der Waals surface area contributed by atoms with E-state index in [0.717, 1.165) is 22.3 Å². The summed E-state index contributed by atoms with van der Waals surface area (Å²) in [4.78, 5) is 16.6. The molecule has 27 heavy (non-hydrogen) atoms. The molecule has 1 heterocycles. The van der Waals surface area contributed by atoms with Gasteiger partial charge < -0.3 is 14.6 Å². The van der Waals surface area contributed by atoms with Gasteiger partial charge in [-0.1, -0.05) is 41.1 Å². The third-order valence-electron chi connectivity index (χ3n) is 4.07.